The van der Waals surface area contributed by atoms with Crippen LogP contribution in [0.3, 0.4) is 0 Å². The van der Waals surface area contributed by atoms with Gasteiger partial charge in [0.15, 0.2) is 0 Å². The third-order valence-electron chi connectivity index (χ3n) is 4.39. The van der Waals surface area contributed by atoms with Crippen molar-refractivity contribution < 1.29 is 9.59 Å². The summed E-state index contributed by atoms with van der Waals surface area (Å²) in [6.07, 6.45) is 0.640. The van der Waals surface area contributed by atoms with Gasteiger partial charge in [0.25, 0.3) is 0 Å². The van der Waals surface area contributed by atoms with Crippen molar-refractivity contribution in [3.63, 3.8) is 0 Å². The van der Waals surface area contributed by atoms with Crippen LogP contribution < -0.4 is 5.32 Å². The molecule has 6 heteroatoms. The third kappa shape index (κ3) is 3.25. The Morgan fingerprint density at radius 2 is 1.82 bits per heavy atom. The number of halogens is 1. The molecule has 1 aliphatic heterocycles. The predicted molar refractivity (Wildman–Crippen MR) is 85.8 cm³/mol. The summed E-state index contributed by atoms with van der Waals surface area (Å²) in [5.74, 6) is -0.373. The Balaban J connectivity index is 1.54. The molecule has 1 saturated heterocycles. The Hall–Kier alpha value is -1.59. The van der Waals surface area contributed by atoms with Crippen molar-refractivity contribution in [2.45, 2.75) is 6.42 Å². The molecule has 2 aliphatic rings. The largest absolute Gasteiger partial charge is 0.340 e. The number of rotatable bonds is 3. The van der Waals surface area contributed by atoms with Gasteiger partial charge in [-0.3, -0.25) is 9.59 Å². The average molecular weight is 322 g/mol. The molecule has 1 aromatic rings. The monoisotopic (exact) mass is 321 g/mol. The lowest BCUT2D eigenvalue weighted by atomic mass is 10.2. The molecule has 0 spiro atoms. The third-order valence-corrected chi connectivity index (χ3v) is 4.72. The highest BCUT2D eigenvalue weighted by molar-refractivity contribution is 6.33. The Morgan fingerprint density at radius 1 is 1.14 bits per heavy atom. The van der Waals surface area contributed by atoms with Crippen molar-refractivity contribution in [1.29, 1.82) is 0 Å². The summed E-state index contributed by atoms with van der Waals surface area (Å²) in [4.78, 5) is 28.7. The maximum Gasteiger partial charge on any atom is 0.228 e. The molecule has 2 amide bonds. The number of nitrogens with one attached hydrogen (secondary N) is 1. The van der Waals surface area contributed by atoms with Crippen LogP contribution in [0.2, 0.25) is 5.02 Å². The van der Waals surface area contributed by atoms with Crippen LogP contribution in [0.5, 0.6) is 0 Å². The van der Waals surface area contributed by atoms with E-state index in [1.165, 1.54) is 0 Å². The summed E-state index contributed by atoms with van der Waals surface area (Å²) < 4.78 is 0. The van der Waals surface area contributed by atoms with Crippen LogP contribution in [-0.4, -0.2) is 54.8 Å². The first-order valence-corrected chi connectivity index (χ1v) is 7.97. The molecule has 2 atom stereocenters. The van der Waals surface area contributed by atoms with E-state index >= 15 is 0 Å². The van der Waals surface area contributed by atoms with E-state index in [2.05, 4.69) is 17.3 Å². The van der Waals surface area contributed by atoms with Gasteiger partial charge in [0.2, 0.25) is 11.8 Å². The Morgan fingerprint density at radius 3 is 2.50 bits per heavy atom. The fourth-order valence-electron chi connectivity index (χ4n) is 2.81. The fraction of sp³-hybridized carbons (Fsp3) is 0.500. The summed E-state index contributed by atoms with van der Waals surface area (Å²) in [6.45, 7) is 3.30. The lowest BCUT2D eigenvalue weighted by Crippen LogP contribution is -2.48. The number of hydrogen-bond acceptors (Lipinski definition) is 3. The molecule has 1 aliphatic carbocycles. The number of para-hydroxylation sites is 1. The average Bonchev–Trinajstić information content (AvgIpc) is 3.30. The Bertz CT molecular complexity index is 585. The smallest absolute Gasteiger partial charge is 0.228 e. The lowest BCUT2D eigenvalue weighted by Gasteiger charge is -2.32. The van der Waals surface area contributed by atoms with Crippen molar-refractivity contribution in [3.05, 3.63) is 29.3 Å². The highest BCUT2D eigenvalue weighted by Crippen LogP contribution is 2.41. The lowest BCUT2D eigenvalue weighted by molar-refractivity contribution is -0.135. The molecule has 2 unspecified atom stereocenters. The molecule has 22 heavy (non-hydrogen) atoms. The highest BCUT2D eigenvalue weighted by Gasteiger charge is 2.49. The van der Waals surface area contributed by atoms with E-state index in [1.54, 1.807) is 12.1 Å². The molecule has 0 radical (unpaired) electrons. The second-order valence-corrected chi connectivity index (χ2v) is 6.45. The fourth-order valence-corrected chi connectivity index (χ4v) is 2.99. The second-order valence-electron chi connectivity index (χ2n) is 6.05. The maximum atomic E-state index is 12.4. The number of piperazine rings is 1. The first-order chi connectivity index (χ1) is 10.6. The normalized spacial score (nSPS) is 24.9. The minimum Gasteiger partial charge on any atom is -0.340 e. The van der Waals surface area contributed by atoms with Gasteiger partial charge in [-0.15, -0.1) is 0 Å². The molecule has 1 heterocycles. The van der Waals surface area contributed by atoms with Crippen LogP contribution in [0, 0.1) is 11.8 Å². The number of carbonyl (C=O) groups is 2. The quantitative estimate of drug-likeness (QED) is 0.921. The van der Waals surface area contributed by atoms with Crippen LogP contribution >= 0.6 is 11.6 Å². The van der Waals surface area contributed by atoms with Crippen LogP contribution in [0.4, 0.5) is 5.69 Å². The molecule has 1 saturated carbocycles. The number of benzene rings is 1. The number of anilines is 1. The van der Waals surface area contributed by atoms with Crippen LogP contribution in [-0.2, 0) is 9.59 Å². The predicted octanol–water partition coefficient (Wildman–Crippen LogP) is 1.69. The van der Waals surface area contributed by atoms with Gasteiger partial charge >= 0.3 is 0 Å². The number of carbonyl (C=O) groups excluding carboxylic acids is 2. The van der Waals surface area contributed by atoms with Gasteiger partial charge < -0.3 is 15.1 Å². The van der Waals surface area contributed by atoms with E-state index in [0.29, 0.717) is 17.1 Å². The van der Waals surface area contributed by atoms with Crippen molar-refractivity contribution in [2.75, 3.05) is 38.5 Å². The van der Waals surface area contributed by atoms with Crippen molar-refractivity contribution in [2.24, 2.45) is 11.8 Å². The molecular weight excluding hydrogens is 302 g/mol. The SMILES string of the molecule is CN1CCN(C(=O)C2CC2C(=O)Nc2ccccc2Cl)CC1. The van der Waals surface area contributed by atoms with E-state index in [4.69, 9.17) is 11.6 Å². The first-order valence-electron chi connectivity index (χ1n) is 7.59. The first kappa shape index (κ1) is 15.3. The number of hydrogen-bond donors (Lipinski definition) is 1. The zero-order chi connectivity index (χ0) is 15.7. The van der Waals surface area contributed by atoms with Gasteiger partial charge in [0.1, 0.15) is 0 Å². The summed E-state index contributed by atoms with van der Waals surface area (Å²) >= 11 is 6.03. The summed E-state index contributed by atoms with van der Waals surface area (Å²) in [7, 11) is 2.05. The second kappa shape index (κ2) is 6.26. The molecular formula is C16H20ClN3O2. The van der Waals surface area contributed by atoms with E-state index < -0.39 is 0 Å². The molecule has 1 N–H and O–H groups in total. The molecule has 118 valence electrons. The minimum atomic E-state index is -0.219. The van der Waals surface area contributed by atoms with E-state index in [0.717, 1.165) is 26.2 Å². The van der Waals surface area contributed by atoms with Gasteiger partial charge in [-0.1, -0.05) is 23.7 Å². The van der Waals surface area contributed by atoms with Gasteiger partial charge in [0.05, 0.1) is 22.5 Å². The zero-order valence-corrected chi connectivity index (χ0v) is 13.3. The van der Waals surface area contributed by atoms with Gasteiger partial charge in [0, 0.05) is 26.2 Å². The molecule has 0 aromatic heterocycles. The van der Waals surface area contributed by atoms with Crippen molar-refractivity contribution in [1.82, 2.24) is 9.80 Å². The molecule has 2 fully saturated rings. The van der Waals surface area contributed by atoms with Gasteiger partial charge in [-0.05, 0) is 25.6 Å². The molecule has 3 rings (SSSR count). The summed E-state index contributed by atoms with van der Waals surface area (Å²) in [6, 6.07) is 7.13. The van der Waals surface area contributed by atoms with Crippen molar-refractivity contribution >= 4 is 29.1 Å². The van der Waals surface area contributed by atoms with Crippen LogP contribution in [0.1, 0.15) is 6.42 Å². The molecule has 1 aromatic carbocycles. The minimum absolute atomic E-state index is 0.111. The maximum absolute atomic E-state index is 12.4. The van der Waals surface area contributed by atoms with Crippen LogP contribution in [0.15, 0.2) is 24.3 Å². The highest BCUT2D eigenvalue weighted by atomic mass is 35.5. The molecule has 0 bridgehead atoms. The summed E-state index contributed by atoms with van der Waals surface area (Å²) in [5.41, 5.74) is 0.604. The van der Waals surface area contributed by atoms with E-state index in [-0.39, 0.29) is 23.7 Å². The molecule has 5 nitrogen and oxygen atoms in total. The van der Waals surface area contributed by atoms with E-state index in [9.17, 15) is 9.59 Å². The van der Waals surface area contributed by atoms with Gasteiger partial charge in [-0.2, -0.15) is 0 Å². The van der Waals surface area contributed by atoms with Gasteiger partial charge in [-0.25, -0.2) is 0 Å². The standard InChI is InChI=1S/C16H20ClN3O2/c1-19-6-8-20(9-7-19)16(22)12-10-11(12)15(21)18-14-5-3-2-4-13(14)17/h2-5,11-12H,6-10H2,1H3,(H,18,21). The number of likely N-dealkylation sites (N-methyl/N-ethyl adjacent to an activating group) is 1. The topological polar surface area (TPSA) is 52.7 Å². The Labute approximate surface area is 135 Å². The van der Waals surface area contributed by atoms with E-state index in [1.807, 2.05) is 17.0 Å². The summed E-state index contributed by atoms with van der Waals surface area (Å²) in [5, 5.41) is 3.33. The number of nitrogens with zero attached hydrogens (tertiary/aromatic N) is 2. The van der Waals surface area contributed by atoms with Crippen molar-refractivity contribution in [3.8, 4) is 0 Å². The Kier molecular flexibility index (Phi) is 4.36. The zero-order valence-electron chi connectivity index (χ0n) is 12.6. The van der Waals surface area contributed by atoms with Crippen LogP contribution in [0.25, 0.3) is 0 Å². The number of amides is 2.